The molecule has 0 saturated carbocycles. The number of anilines is 1. The summed E-state index contributed by atoms with van der Waals surface area (Å²) in [6, 6.07) is 6.57. The van der Waals surface area contributed by atoms with E-state index in [9.17, 15) is 19.7 Å². The number of nitro groups is 1. The van der Waals surface area contributed by atoms with Crippen LogP contribution >= 0.6 is 23.2 Å². The highest BCUT2D eigenvalue weighted by atomic mass is 35.5. The summed E-state index contributed by atoms with van der Waals surface area (Å²) < 4.78 is 9.59. The second-order valence-electron chi connectivity index (χ2n) is 4.56. The zero-order chi connectivity index (χ0) is 17.9. The van der Waals surface area contributed by atoms with Crippen LogP contribution in [-0.4, -0.2) is 22.9 Å². The molecule has 24 heavy (non-hydrogen) atoms. The van der Waals surface area contributed by atoms with Gasteiger partial charge in [0.25, 0.3) is 5.91 Å². The standard InChI is InChI=1S/C14H10Cl2N2O6/c1-7(13(19)17-10-6-8(15)2-3-9(10)16)23-14(20)11-4-5-12(24-11)18(21)22/h2-7H,1H3,(H,17,19)/t7-/m1/s1. The number of rotatable bonds is 5. The molecule has 0 unspecified atom stereocenters. The van der Waals surface area contributed by atoms with Crippen molar-refractivity contribution >= 4 is 46.6 Å². The van der Waals surface area contributed by atoms with Crippen LogP contribution in [0.3, 0.4) is 0 Å². The maximum absolute atomic E-state index is 12.0. The van der Waals surface area contributed by atoms with Gasteiger partial charge in [0.05, 0.1) is 16.8 Å². The second-order valence-corrected chi connectivity index (χ2v) is 5.40. The first-order valence-corrected chi connectivity index (χ1v) is 7.24. The molecular weight excluding hydrogens is 363 g/mol. The van der Waals surface area contributed by atoms with Gasteiger partial charge in [0.1, 0.15) is 4.92 Å². The molecule has 1 atom stereocenters. The predicted octanol–water partition coefficient (Wildman–Crippen LogP) is 3.68. The number of hydrogen-bond acceptors (Lipinski definition) is 6. The molecule has 0 aliphatic rings. The van der Waals surface area contributed by atoms with E-state index in [4.69, 9.17) is 32.4 Å². The van der Waals surface area contributed by atoms with Crippen LogP contribution in [0.5, 0.6) is 0 Å². The number of halogens is 2. The average Bonchev–Trinajstić information content (AvgIpc) is 3.01. The van der Waals surface area contributed by atoms with Gasteiger partial charge in [0.2, 0.25) is 5.76 Å². The lowest BCUT2D eigenvalue weighted by atomic mass is 10.3. The van der Waals surface area contributed by atoms with Crippen molar-refractivity contribution in [2.75, 3.05) is 5.32 Å². The van der Waals surface area contributed by atoms with Gasteiger partial charge in [-0.2, -0.15) is 0 Å². The quantitative estimate of drug-likeness (QED) is 0.486. The number of hydrogen-bond donors (Lipinski definition) is 1. The van der Waals surface area contributed by atoms with E-state index in [-0.39, 0.29) is 16.5 Å². The Morgan fingerprint density at radius 2 is 2.00 bits per heavy atom. The van der Waals surface area contributed by atoms with Gasteiger partial charge in [-0.3, -0.25) is 14.9 Å². The molecule has 10 heteroatoms. The number of amides is 1. The summed E-state index contributed by atoms with van der Waals surface area (Å²) in [4.78, 5) is 33.5. The maximum atomic E-state index is 12.0. The molecule has 0 bridgehead atoms. The fourth-order valence-electron chi connectivity index (χ4n) is 1.64. The molecule has 1 aromatic carbocycles. The molecule has 2 rings (SSSR count). The van der Waals surface area contributed by atoms with Crippen LogP contribution in [0.2, 0.25) is 10.0 Å². The number of furan rings is 1. The minimum Gasteiger partial charge on any atom is -0.447 e. The lowest BCUT2D eigenvalue weighted by molar-refractivity contribution is -0.402. The van der Waals surface area contributed by atoms with Crippen molar-refractivity contribution in [3.63, 3.8) is 0 Å². The van der Waals surface area contributed by atoms with E-state index in [1.165, 1.54) is 19.1 Å². The SMILES string of the molecule is C[C@@H](OC(=O)c1ccc([N+](=O)[O-])o1)C(=O)Nc1cc(Cl)ccc1Cl. The molecule has 2 aromatic rings. The minimum absolute atomic E-state index is 0.255. The highest BCUT2D eigenvalue weighted by molar-refractivity contribution is 6.35. The topological polar surface area (TPSA) is 112 Å². The van der Waals surface area contributed by atoms with Crippen molar-refractivity contribution in [1.29, 1.82) is 0 Å². The predicted molar refractivity (Wildman–Crippen MR) is 85.3 cm³/mol. The number of ether oxygens (including phenoxy) is 1. The first kappa shape index (κ1) is 17.8. The number of carbonyl (C=O) groups is 2. The van der Waals surface area contributed by atoms with E-state index in [1.807, 2.05) is 0 Å². The van der Waals surface area contributed by atoms with E-state index in [0.717, 1.165) is 12.1 Å². The van der Waals surface area contributed by atoms with Gasteiger partial charge >= 0.3 is 11.9 Å². The van der Waals surface area contributed by atoms with Gasteiger partial charge < -0.3 is 14.5 Å². The Morgan fingerprint density at radius 1 is 1.29 bits per heavy atom. The van der Waals surface area contributed by atoms with Crippen molar-refractivity contribution in [1.82, 2.24) is 0 Å². The van der Waals surface area contributed by atoms with Crippen molar-refractivity contribution in [3.8, 4) is 0 Å². The molecule has 0 radical (unpaired) electrons. The summed E-state index contributed by atoms with van der Waals surface area (Å²) in [5.74, 6) is -2.66. The van der Waals surface area contributed by atoms with Crippen molar-refractivity contribution in [2.24, 2.45) is 0 Å². The summed E-state index contributed by atoms with van der Waals surface area (Å²) in [6.07, 6.45) is -1.20. The number of esters is 1. The molecule has 0 aliphatic carbocycles. The van der Waals surface area contributed by atoms with Gasteiger partial charge in [-0.15, -0.1) is 0 Å². The molecule has 1 heterocycles. The molecule has 0 saturated heterocycles. The van der Waals surface area contributed by atoms with Gasteiger partial charge in [0.15, 0.2) is 6.10 Å². The Labute approximate surface area is 145 Å². The van der Waals surface area contributed by atoms with Crippen molar-refractivity contribution < 1.29 is 23.7 Å². The smallest absolute Gasteiger partial charge is 0.433 e. The van der Waals surface area contributed by atoms with Crippen LogP contribution in [-0.2, 0) is 9.53 Å². The molecule has 0 fully saturated rings. The van der Waals surface area contributed by atoms with Crippen molar-refractivity contribution in [3.05, 3.63) is 56.3 Å². The Morgan fingerprint density at radius 3 is 2.62 bits per heavy atom. The molecule has 1 amide bonds. The number of carbonyl (C=O) groups excluding carboxylic acids is 2. The highest BCUT2D eigenvalue weighted by Gasteiger charge is 2.24. The molecule has 1 aromatic heterocycles. The molecule has 0 aliphatic heterocycles. The maximum Gasteiger partial charge on any atom is 0.433 e. The third-order valence-corrected chi connectivity index (χ3v) is 3.38. The molecular formula is C14H10Cl2N2O6. The summed E-state index contributed by atoms with van der Waals surface area (Å²) in [5, 5.41) is 13.6. The van der Waals surface area contributed by atoms with E-state index < -0.39 is 28.8 Å². The van der Waals surface area contributed by atoms with Crippen LogP contribution < -0.4 is 5.32 Å². The zero-order valence-corrected chi connectivity index (χ0v) is 13.6. The Balaban J connectivity index is 2.01. The van der Waals surface area contributed by atoms with E-state index in [1.54, 1.807) is 6.07 Å². The fourth-order valence-corrected chi connectivity index (χ4v) is 1.97. The molecule has 126 valence electrons. The summed E-state index contributed by atoms with van der Waals surface area (Å²) in [7, 11) is 0. The van der Waals surface area contributed by atoms with Gasteiger partial charge in [-0.05, 0) is 31.2 Å². The largest absolute Gasteiger partial charge is 0.447 e. The monoisotopic (exact) mass is 372 g/mol. The molecule has 0 spiro atoms. The van der Waals surface area contributed by atoms with Crippen LogP contribution in [0, 0.1) is 10.1 Å². The van der Waals surface area contributed by atoms with E-state index >= 15 is 0 Å². The lowest BCUT2D eigenvalue weighted by Gasteiger charge is -2.13. The average molecular weight is 373 g/mol. The second kappa shape index (κ2) is 7.33. The van der Waals surface area contributed by atoms with Crippen LogP contribution in [0.25, 0.3) is 0 Å². The third kappa shape index (κ3) is 4.24. The summed E-state index contributed by atoms with van der Waals surface area (Å²) >= 11 is 11.7. The number of nitrogens with one attached hydrogen (secondary N) is 1. The molecule has 1 N–H and O–H groups in total. The first-order chi connectivity index (χ1) is 11.3. The van der Waals surface area contributed by atoms with Crippen molar-refractivity contribution in [2.45, 2.75) is 13.0 Å². The molecule has 8 nitrogen and oxygen atoms in total. The van der Waals surface area contributed by atoms with Crippen LogP contribution in [0.15, 0.2) is 34.7 Å². The summed E-state index contributed by atoms with van der Waals surface area (Å²) in [5.41, 5.74) is 0.255. The van der Waals surface area contributed by atoms with E-state index in [0.29, 0.717) is 5.02 Å². The van der Waals surface area contributed by atoms with Crippen LogP contribution in [0.4, 0.5) is 11.6 Å². The van der Waals surface area contributed by atoms with Gasteiger partial charge in [-0.1, -0.05) is 23.2 Å². The Bertz CT molecular complexity index is 804. The Hall–Kier alpha value is -2.58. The number of benzene rings is 1. The third-order valence-electron chi connectivity index (χ3n) is 2.81. The highest BCUT2D eigenvalue weighted by Crippen LogP contribution is 2.25. The van der Waals surface area contributed by atoms with Crippen LogP contribution in [0.1, 0.15) is 17.5 Å². The normalized spacial score (nSPS) is 11.6. The summed E-state index contributed by atoms with van der Waals surface area (Å²) in [6.45, 7) is 1.32. The zero-order valence-electron chi connectivity index (χ0n) is 12.1. The fraction of sp³-hybridized carbons (Fsp3) is 0.143. The van der Waals surface area contributed by atoms with Gasteiger partial charge in [0, 0.05) is 5.02 Å². The minimum atomic E-state index is -1.20. The lowest BCUT2D eigenvalue weighted by Crippen LogP contribution is -2.30. The van der Waals surface area contributed by atoms with Gasteiger partial charge in [-0.25, -0.2) is 4.79 Å². The number of nitrogens with zero attached hydrogens (tertiary/aromatic N) is 1. The Kier molecular flexibility index (Phi) is 5.42. The first-order valence-electron chi connectivity index (χ1n) is 6.49. The van der Waals surface area contributed by atoms with E-state index in [2.05, 4.69) is 5.32 Å².